The van der Waals surface area contributed by atoms with Crippen molar-refractivity contribution in [1.29, 1.82) is 0 Å². The molecular weight excluding hydrogens is 475 g/mol. The van der Waals surface area contributed by atoms with E-state index in [9.17, 15) is 9.18 Å². The highest BCUT2D eigenvalue weighted by Crippen LogP contribution is 2.39. The number of rotatable bonds is 10. The number of carbonyl (C=O) groups is 1. The summed E-state index contributed by atoms with van der Waals surface area (Å²) in [6, 6.07) is 14.2. The normalized spacial score (nSPS) is 11.3. The first-order chi connectivity index (χ1) is 18.0. The van der Waals surface area contributed by atoms with Crippen LogP contribution in [0.4, 0.5) is 10.1 Å². The van der Waals surface area contributed by atoms with Gasteiger partial charge in [-0.1, -0.05) is 30.4 Å². The third kappa shape index (κ3) is 5.43. The van der Waals surface area contributed by atoms with Crippen LogP contribution in [-0.4, -0.2) is 39.2 Å². The Morgan fingerprint density at radius 2 is 1.51 bits per heavy atom. The molecule has 1 aromatic heterocycles. The van der Waals surface area contributed by atoms with Crippen molar-refractivity contribution in [3.05, 3.63) is 89.5 Å². The number of carbonyl (C=O) groups excluding carboxylic acids is 1. The Labute approximate surface area is 214 Å². The number of aromatic amines is 1. The third-order valence-electron chi connectivity index (χ3n) is 5.75. The van der Waals surface area contributed by atoms with Gasteiger partial charge in [-0.05, 0) is 41.5 Å². The molecule has 0 atom stereocenters. The van der Waals surface area contributed by atoms with E-state index in [2.05, 4.69) is 10.3 Å². The Kier molecular flexibility index (Phi) is 7.78. The van der Waals surface area contributed by atoms with Crippen molar-refractivity contribution in [3.63, 3.8) is 0 Å². The Bertz CT molecular complexity index is 1460. The number of methoxy groups -OCH3 is 4. The third-order valence-corrected chi connectivity index (χ3v) is 5.75. The average Bonchev–Trinajstić information content (AvgIpc) is 3.35. The highest BCUT2D eigenvalue weighted by molar-refractivity contribution is 6.13. The van der Waals surface area contributed by atoms with Crippen LogP contribution in [-0.2, 0) is 0 Å². The van der Waals surface area contributed by atoms with Gasteiger partial charge in [0.1, 0.15) is 0 Å². The van der Waals surface area contributed by atoms with Crippen molar-refractivity contribution in [1.82, 2.24) is 4.98 Å². The second-order valence-corrected chi connectivity index (χ2v) is 7.97. The zero-order valence-corrected chi connectivity index (χ0v) is 20.9. The van der Waals surface area contributed by atoms with Crippen LogP contribution in [0.5, 0.6) is 23.0 Å². The lowest BCUT2D eigenvalue weighted by molar-refractivity contribution is 0.104. The molecule has 0 amide bonds. The van der Waals surface area contributed by atoms with Gasteiger partial charge in [-0.2, -0.15) is 0 Å². The van der Waals surface area contributed by atoms with E-state index in [0.717, 1.165) is 16.5 Å². The van der Waals surface area contributed by atoms with Gasteiger partial charge in [0, 0.05) is 34.9 Å². The quantitative estimate of drug-likeness (QED) is 0.150. The number of aromatic nitrogens is 1. The maximum absolute atomic E-state index is 14.8. The molecule has 0 radical (unpaired) electrons. The molecule has 1 heterocycles. The van der Waals surface area contributed by atoms with Crippen molar-refractivity contribution in [2.75, 3.05) is 33.8 Å². The molecule has 8 heteroatoms. The molecule has 0 aliphatic heterocycles. The number of benzene rings is 3. The zero-order valence-electron chi connectivity index (χ0n) is 20.9. The summed E-state index contributed by atoms with van der Waals surface area (Å²) in [6.45, 7) is 0. The summed E-state index contributed by atoms with van der Waals surface area (Å²) in [5.41, 5.74) is 3.14. The number of ketones is 1. The van der Waals surface area contributed by atoms with Crippen LogP contribution < -0.4 is 24.3 Å². The van der Waals surface area contributed by atoms with E-state index < -0.39 is 5.82 Å². The second-order valence-electron chi connectivity index (χ2n) is 7.97. The Balaban J connectivity index is 1.57. The maximum Gasteiger partial charge on any atom is 0.203 e. The molecule has 3 aromatic carbocycles. The average molecular weight is 503 g/mol. The number of halogens is 1. The number of hydrogen-bond donors (Lipinski definition) is 2. The van der Waals surface area contributed by atoms with Crippen LogP contribution in [0.1, 0.15) is 21.5 Å². The molecule has 0 aliphatic rings. The minimum absolute atomic E-state index is 0.0362. The smallest absolute Gasteiger partial charge is 0.203 e. The van der Waals surface area contributed by atoms with Crippen molar-refractivity contribution in [2.45, 2.75) is 0 Å². The lowest BCUT2D eigenvalue weighted by Crippen LogP contribution is -1.99. The predicted octanol–water partition coefficient (Wildman–Crippen LogP) is 6.32. The monoisotopic (exact) mass is 502 g/mol. The van der Waals surface area contributed by atoms with E-state index in [4.69, 9.17) is 18.9 Å². The number of ether oxygens (including phenoxy) is 4. The number of fused-ring (bicyclic) bond motifs is 1. The van der Waals surface area contributed by atoms with Gasteiger partial charge in [-0.15, -0.1) is 0 Å². The molecule has 4 aromatic rings. The summed E-state index contributed by atoms with van der Waals surface area (Å²) in [4.78, 5) is 15.8. The van der Waals surface area contributed by atoms with E-state index in [1.165, 1.54) is 32.6 Å². The molecule has 0 saturated heterocycles. The number of hydrogen-bond acceptors (Lipinski definition) is 6. The molecule has 4 rings (SSSR count). The van der Waals surface area contributed by atoms with Gasteiger partial charge >= 0.3 is 0 Å². The SMILES string of the molecule is COc1cc(/C=C\c2cc(F)c(OC)c(N/C=C\C(=O)c3c[nH]c4ccccc34)c2)cc(OC)c1OC. The van der Waals surface area contributed by atoms with Gasteiger partial charge < -0.3 is 29.2 Å². The molecule has 0 bridgehead atoms. The van der Waals surface area contributed by atoms with E-state index in [1.807, 2.05) is 24.3 Å². The highest BCUT2D eigenvalue weighted by atomic mass is 19.1. The Morgan fingerprint density at radius 3 is 2.16 bits per heavy atom. The standard InChI is InChI=1S/C29H27FN2O5/c1-34-26-15-19(16-27(35-2)29(26)37-4)10-9-18-13-22(30)28(36-3)24(14-18)31-12-11-25(33)21-17-32-23-8-6-5-7-20(21)23/h5-17,31-32H,1-4H3/b10-9-,12-11-. The fourth-order valence-electron chi connectivity index (χ4n) is 3.99. The van der Waals surface area contributed by atoms with Crippen molar-refractivity contribution in [2.24, 2.45) is 0 Å². The molecule has 0 unspecified atom stereocenters. The topological polar surface area (TPSA) is 81.8 Å². The molecule has 2 N–H and O–H groups in total. The van der Waals surface area contributed by atoms with Gasteiger partial charge in [0.15, 0.2) is 28.8 Å². The fourth-order valence-corrected chi connectivity index (χ4v) is 3.99. The molecule has 37 heavy (non-hydrogen) atoms. The summed E-state index contributed by atoms with van der Waals surface area (Å²) >= 11 is 0. The molecule has 0 aliphatic carbocycles. The fraction of sp³-hybridized carbons (Fsp3) is 0.138. The van der Waals surface area contributed by atoms with Crippen LogP contribution >= 0.6 is 0 Å². The maximum atomic E-state index is 14.8. The molecule has 7 nitrogen and oxygen atoms in total. The molecular formula is C29H27FN2O5. The summed E-state index contributed by atoms with van der Waals surface area (Å²) in [5.74, 6) is 0.799. The highest BCUT2D eigenvalue weighted by Gasteiger charge is 2.14. The van der Waals surface area contributed by atoms with Crippen LogP contribution in [0.15, 0.2) is 67.0 Å². The van der Waals surface area contributed by atoms with Crippen LogP contribution in [0.2, 0.25) is 0 Å². The number of nitrogens with one attached hydrogen (secondary N) is 2. The summed E-state index contributed by atoms with van der Waals surface area (Å²) < 4.78 is 36.2. The van der Waals surface area contributed by atoms with Crippen molar-refractivity contribution >= 4 is 34.5 Å². The minimum atomic E-state index is -0.548. The van der Waals surface area contributed by atoms with Gasteiger partial charge in [0.2, 0.25) is 5.75 Å². The summed E-state index contributed by atoms with van der Waals surface area (Å²) in [7, 11) is 6.00. The predicted molar refractivity (Wildman–Crippen MR) is 143 cm³/mol. The summed E-state index contributed by atoms with van der Waals surface area (Å²) in [6.07, 6.45) is 8.08. The lowest BCUT2D eigenvalue weighted by Gasteiger charge is -2.13. The number of allylic oxidation sites excluding steroid dienone is 1. The molecule has 0 spiro atoms. The minimum Gasteiger partial charge on any atom is -0.493 e. The van der Waals surface area contributed by atoms with Gasteiger partial charge in [0.25, 0.3) is 0 Å². The number of H-pyrrole nitrogens is 1. The first kappa shape index (κ1) is 25.4. The summed E-state index contributed by atoms with van der Waals surface area (Å²) in [5, 5.41) is 3.80. The first-order valence-electron chi connectivity index (χ1n) is 11.4. The van der Waals surface area contributed by atoms with Crippen molar-refractivity contribution in [3.8, 4) is 23.0 Å². The Hall–Kier alpha value is -4.72. The van der Waals surface area contributed by atoms with Gasteiger partial charge in [-0.3, -0.25) is 4.79 Å². The molecule has 0 fully saturated rings. The van der Waals surface area contributed by atoms with E-state index in [-0.39, 0.29) is 11.5 Å². The van der Waals surface area contributed by atoms with E-state index in [0.29, 0.717) is 34.1 Å². The van der Waals surface area contributed by atoms with Crippen molar-refractivity contribution < 1.29 is 28.1 Å². The molecule has 0 saturated carbocycles. The number of anilines is 1. The largest absolute Gasteiger partial charge is 0.493 e. The second kappa shape index (κ2) is 11.3. The lowest BCUT2D eigenvalue weighted by atomic mass is 10.1. The van der Waals surface area contributed by atoms with Gasteiger partial charge in [0.05, 0.1) is 34.1 Å². The molecule has 190 valence electrons. The Morgan fingerprint density at radius 1 is 0.865 bits per heavy atom. The van der Waals surface area contributed by atoms with Crippen LogP contribution in [0, 0.1) is 5.82 Å². The van der Waals surface area contributed by atoms with E-state index in [1.54, 1.807) is 50.8 Å². The van der Waals surface area contributed by atoms with Gasteiger partial charge in [-0.25, -0.2) is 4.39 Å². The zero-order chi connectivity index (χ0) is 26.4. The number of para-hydroxylation sites is 1. The first-order valence-corrected chi connectivity index (χ1v) is 11.4. The van der Waals surface area contributed by atoms with Crippen LogP contribution in [0.3, 0.4) is 0 Å². The van der Waals surface area contributed by atoms with Crippen LogP contribution in [0.25, 0.3) is 23.1 Å². The van der Waals surface area contributed by atoms with E-state index >= 15 is 0 Å².